The predicted molar refractivity (Wildman–Crippen MR) is 155 cm³/mol. The van der Waals surface area contributed by atoms with E-state index in [9.17, 15) is 36.0 Å². The average Bonchev–Trinajstić information content (AvgIpc) is 3.24. The van der Waals surface area contributed by atoms with Crippen LogP contribution in [0.25, 0.3) is 0 Å². The molecule has 0 unspecified atom stereocenters. The van der Waals surface area contributed by atoms with Crippen molar-refractivity contribution < 1.29 is 45.4 Å². The van der Waals surface area contributed by atoms with Gasteiger partial charge < -0.3 is 19.7 Å². The molecule has 0 atom stereocenters. The summed E-state index contributed by atoms with van der Waals surface area (Å²) < 4.78 is 74.5. The van der Waals surface area contributed by atoms with Gasteiger partial charge in [0.05, 0.1) is 12.3 Å². The Morgan fingerprint density at radius 1 is 1.11 bits per heavy atom. The van der Waals surface area contributed by atoms with Crippen LogP contribution in [0.1, 0.15) is 43.4 Å². The molecule has 0 radical (unpaired) electrons. The number of anilines is 1. The summed E-state index contributed by atoms with van der Waals surface area (Å²) in [5.74, 6) is -1.63. The Labute approximate surface area is 253 Å². The largest absolute Gasteiger partial charge is 0.573 e. The molecule has 1 N–H and O–H groups in total. The van der Waals surface area contributed by atoms with Gasteiger partial charge in [0, 0.05) is 38.2 Å². The van der Waals surface area contributed by atoms with Gasteiger partial charge in [0.25, 0.3) is 5.91 Å². The van der Waals surface area contributed by atoms with Crippen molar-refractivity contribution in [2.45, 2.75) is 51.9 Å². The minimum atomic E-state index is -4.87. The Kier molecular flexibility index (Phi) is 9.68. The quantitative estimate of drug-likeness (QED) is 0.396. The summed E-state index contributed by atoms with van der Waals surface area (Å²) in [6.07, 6.45) is -4.42. The molecule has 2 aromatic rings. The van der Waals surface area contributed by atoms with Crippen molar-refractivity contribution in [1.29, 1.82) is 0 Å². The number of sulfonamides is 1. The second kappa shape index (κ2) is 12.9. The number of rotatable bonds is 10. The molecule has 2 aliphatic rings. The second-order valence-electron chi connectivity index (χ2n) is 10.6. The number of benzene rings is 2. The van der Waals surface area contributed by atoms with Crippen LogP contribution in [-0.4, -0.2) is 80.2 Å². The number of hydrogen-bond acceptors (Lipinski definition) is 8. The highest BCUT2D eigenvalue weighted by molar-refractivity contribution is 7.89. The number of esters is 1. The molecular formula is C29H33F3N4O7S. The molecular weight excluding hydrogens is 605 g/mol. The van der Waals surface area contributed by atoms with E-state index in [2.05, 4.69) is 15.0 Å². The molecule has 0 bridgehead atoms. The Hall–Kier alpha value is -3.98. The van der Waals surface area contributed by atoms with Crippen molar-refractivity contribution in [3.8, 4) is 5.75 Å². The zero-order chi connectivity index (χ0) is 32.3. The Morgan fingerprint density at radius 3 is 2.43 bits per heavy atom. The lowest BCUT2D eigenvalue weighted by molar-refractivity contribution is -0.274. The number of ether oxygens (including phenoxy) is 2. The zero-order valence-electron chi connectivity index (χ0n) is 24.4. The topological polar surface area (TPSA) is 135 Å². The number of hydrogen-bond donors (Lipinski definition) is 1. The van der Waals surface area contributed by atoms with Crippen LogP contribution in [0.4, 0.5) is 18.9 Å². The van der Waals surface area contributed by atoms with E-state index in [-0.39, 0.29) is 68.6 Å². The van der Waals surface area contributed by atoms with Crippen molar-refractivity contribution in [2.24, 2.45) is 4.99 Å². The fraction of sp³-hybridized carbons (Fsp3) is 0.448. The van der Waals surface area contributed by atoms with E-state index >= 15 is 0 Å². The molecule has 2 amide bonds. The van der Waals surface area contributed by atoms with E-state index in [1.54, 1.807) is 18.2 Å². The Balaban J connectivity index is 1.38. The molecule has 44 heavy (non-hydrogen) atoms. The van der Waals surface area contributed by atoms with Crippen molar-refractivity contribution in [2.75, 3.05) is 36.9 Å². The van der Waals surface area contributed by atoms with E-state index in [0.717, 1.165) is 23.3 Å². The van der Waals surface area contributed by atoms with Gasteiger partial charge in [-0.25, -0.2) is 12.7 Å². The predicted octanol–water partition coefficient (Wildman–Crippen LogP) is 3.09. The zero-order valence-corrected chi connectivity index (χ0v) is 25.3. The molecule has 0 aromatic heterocycles. The third kappa shape index (κ3) is 7.94. The Bertz CT molecular complexity index is 1570. The van der Waals surface area contributed by atoms with Crippen molar-refractivity contribution in [3.05, 3.63) is 59.2 Å². The maximum absolute atomic E-state index is 13.2. The summed E-state index contributed by atoms with van der Waals surface area (Å²) in [6, 6.07) is 10.4. The first kappa shape index (κ1) is 32.9. The normalized spacial score (nSPS) is 16.8. The van der Waals surface area contributed by atoms with Gasteiger partial charge >= 0.3 is 12.3 Å². The van der Waals surface area contributed by atoms with E-state index in [0.29, 0.717) is 5.69 Å². The number of nitrogens with zero attached hydrogens (tertiary/aromatic N) is 3. The third-order valence-corrected chi connectivity index (χ3v) is 9.40. The summed E-state index contributed by atoms with van der Waals surface area (Å²) in [5.41, 5.74) is 1.21. The minimum Gasteiger partial charge on any atom is -0.464 e. The van der Waals surface area contributed by atoms with Gasteiger partial charge in [0.1, 0.15) is 23.7 Å². The molecule has 2 aliphatic heterocycles. The summed E-state index contributed by atoms with van der Waals surface area (Å²) in [7, 11) is -3.69. The van der Waals surface area contributed by atoms with Crippen molar-refractivity contribution in [3.63, 3.8) is 0 Å². The number of aryl methyl sites for hydroxylation is 2. The van der Waals surface area contributed by atoms with Crippen LogP contribution in [0.3, 0.4) is 0 Å². The van der Waals surface area contributed by atoms with Gasteiger partial charge in [-0.15, -0.1) is 13.2 Å². The molecule has 0 saturated carbocycles. The van der Waals surface area contributed by atoms with Crippen LogP contribution in [0.2, 0.25) is 0 Å². The minimum absolute atomic E-state index is 0.0451. The lowest BCUT2D eigenvalue weighted by Gasteiger charge is -2.34. The van der Waals surface area contributed by atoms with E-state index in [1.165, 1.54) is 35.2 Å². The summed E-state index contributed by atoms with van der Waals surface area (Å²) >= 11 is 0. The molecule has 2 heterocycles. The number of carbonyl (C=O) groups is 3. The number of halogens is 3. The van der Waals surface area contributed by atoms with Crippen molar-refractivity contribution in [1.82, 2.24) is 9.62 Å². The highest BCUT2D eigenvalue weighted by Gasteiger charge is 2.47. The van der Waals surface area contributed by atoms with Gasteiger partial charge in [0.15, 0.2) is 0 Å². The van der Waals surface area contributed by atoms with Crippen LogP contribution in [0.15, 0.2) is 47.5 Å². The second-order valence-corrected chi connectivity index (χ2v) is 12.7. The molecule has 11 nitrogen and oxygen atoms in total. The lowest BCUT2D eigenvalue weighted by atomic mass is 9.89. The maximum atomic E-state index is 13.2. The molecule has 238 valence electrons. The van der Waals surface area contributed by atoms with Crippen LogP contribution < -0.4 is 15.0 Å². The number of nitrogens with one attached hydrogen (secondary N) is 1. The summed E-state index contributed by atoms with van der Waals surface area (Å²) in [5, 5.41) is 2.62. The number of aliphatic imine (C=N–C) groups is 1. The first-order valence-electron chi connectivity index (χ1n) is 13.8. The van der Waals surface area contributed by atoms with Crippen molar-refractivity contribution >= 4 is 39.3 Å². The maximum Gasteiger partial charge on any atom is 0.573 e. The first-order valence-corrected chi connectivity index (χ1v) is 15.5. The molecule has 1 fully saturated rings. The Morgan fingerprint density at radius 2 is 1.82 bits per heavy atom. The fourth-order valence-electron chi connectivity index (χ4n) is 5.21. The average molecular weight is 639 g/mol. The summed E-state index contributed by atoms with van der Waals surface area (Å²) in [6.45, 7) is 4.84. The van der Waals surface area contributed by atoms with Gasteiger partial charge in [0.2, 0.25) is 15.9 Å². The SMILES string of the molecule is CC(=O)OCCN(C(C)=O)c1ccc(CCS(=O)(=O)N2CCC3(CC2)N=C(c2cccc(OC(F)(F)F)c2)NC3=O)c(C)c1. The van der Waals surface area contributed by atoms with E-state index in [4.69, 9.17) is 4.74 Å². The summed E-state index contributed by atoms with van der Waals surface area (Å²) in [4.78, 5) is 42.1. The smallest absolute Gasteiger partial charge is 0.464 e. The standard InChI is InChI=1S/C29H33F3N4O7S/c1-19-17-24(36(20(2)37)14-15-42-21(3)38)8-7-22(19)9-16-44(40,41)35-12-10-28(11-13-35)27(39)33-26(34-28)23-5-4-6-25(18-23)43-29(30,31)32/h4-8,17-18H,9-16H2,1-3H3,(H,33,34,39). The molecule has 4 rings (SSSR count). The highest BCUT2D eigenvalue weighted by atomic mass is 32.2. The molecule has 1 spiro atoms. The van der Waals surface area contributed by atoms with Crippen LogP contribution in [0.5, 0.6) is 5.75 Å². The van der Waals surface area contributed by atoms with Gasteiger partial charge in [-0.2, -0.15) is 0 Å². The first-order chi connectivity index (χ1) is 20.6. The lowest BCUT2D eigenvalue weighted by Crippen LogP contribution is -2.50. The highest BCUT2D eigenvalue weighted by Crippen LogP contribution is 2.33. The van der Waals surface area contributed by atoms with E-state index < -0.39 is 39.6 Å². The van der Waals surface area contributed by atoms with Gasteiger partial charge in [-0.1, -0.05) is 18.2 Å². The number of piperidine rings is 1. The molecule has 15 heteroatoms. The number of carbonyl (C=O) groups excluding carboxylic acids is 3. The molecule has 2 aromatic carbocycles. The third-order valence-electron chi connectivity index (χ3n) is 7.53. The van der Waals surface area contributed by atoms with Gasteiger partial charge in [-0.3, -0.25) is 19.4 Å². The van der Waals surface area contributed by atoms with Crippen LogP contribution in [-0.2, 0) is 35.6 Å². The van der Waals surface area contributed by atoms with E-state index in [1.807, 2.05) is 6.92 Å². The molecule has 0 aliphatic carbocycles. The van der Waals surface area contributed by atoms with Gasteiger partial charge in [-0.05, 0) is 61.6 Å². The van der Waals surface area contributed by atoms with Crippen LogP contribution >= 0.6 is 0 Å². The number of amidine groups is 1. The fourth-order valence-corrected chi connectivity index (χ4v) is 6.69. The number of alkyl halides is 3. The van der Waals surface area contributed by atoms with Crippen LogP contribution in [0, 0.1) is 6.92 Å². The monoisotopic (exact) mass is 638 g/mol. The molecule has 1 saturated heterocycles. The number of amides is 2.